The molecular weight excluding hydrogens is 246 g/mol. The summed E-state index contributed by atoms with van der Waals surface area (Å²) in [7, 11) is 1.91. The topological polar surface area (TPSA) is 21.1 Å². The van der Waals surface area contributed by atoms with E-state index >= 15 is 0 Å². The Bertz CT molecular complexity index is 394. The van der Waals surface area contributed by atoms with E-state index in [4.69, 9.17) is 11.6 Å². The van der Waals surface area contributed by atoms with E-state index in [0.29, 0.717) is 0 Å². The van der Waals surface area contributed by atoms with E-state index in [1.54, 1.807) is 4.68 Å². The van der Waals surface area contributed by atoms with Crippen LogP contribution in [-0.4, -0.2) is 27.3 Å². The highest BCUT2D eigenvalue weighted by atomic mass is 35.5. The van der Waals surface area contributed by atoms with Gasteiger partial charge in [-0.3, -0.25) is 9.58 Å². The molecule has 0 amide bonds. The van der Waals surface area contributed by atoms with Crippen LogP contribution >= 0.6 is 11.6 Å². The highest BCUT2D eigenvalue weighted by Gasteiger charge is 2.22. The third-order valence-corrected chi connectivity index (χ3v) is 4.60. The molecule has 0 N–H and O–H groups in total. The van der Waals surface area contributed by atoms with Crippen molar-refractivity contribution in [1.29, 1.82) is 0 Å². The lowest BCUT2D eigenvalue weighted by molar-refractivity contribution is 0.155. The second kappa shape index (κ2) is 6.07. The van der Waals surface area contributed by atoms with Gasteiger partial charge < -0.3 is 0 Å². The van der Waals surface area contributed by atoms with Gasteiger partial charge in [0.25, 0.3) is 0 Å². The molecule has 18 heavy (non-hydrogen) atoms. The number of halogens is 1. The van der Waals surface area contributed by atoms with Crippen LogP contribution < -0.4 is 0 Å². The van der Waals surface area contributed by atoms with Crippen LogP contribution in [0.15, 0.2) is 0 Å². The SMILES string of the molecule is CCN(Cc1c(C)nn(C)c1Cl)C1CCCCC1. The molecule has 4 heteroatoms. The first-order valence-corrected chi connectivity index (χ1v) is 7.43. The van der Waals surface area contributed by atoms with Gasteiger partial charge in [-0.1, -0.05) is 37.8 Å². The largest absolute Gasteiger partial charge is 0.296 e. The lowest BCUT2D eigenvalue weighted by Gasteiger charge is -2.33. The van der Waals surface area contributed by atoms with Crippen molar-refractivity contribution in [3.05, 3.63) is 16.4 Å². The molecule has 3 nitrogen and oxygen atoms in total. The first kappa shape index (κ1) is 13.9. The molecule has 0 saturated heterocycles. The molecule has 1 aromatic heterocycles. The highest BCUT2D eigenvalue weighted by molar-refractivity contribution is 6.30. The molecule has 1 aliphatic carbocycles. The number of aryl methyl sites for hydroxylation is 2. The van der Waals surface area contributed by atoms with E-state index in [0.717, 1.165) is 30.0 Å². The van der Waals surface area contributed by atoms with Crippen LogP contribution in [0.3, 0.4) is 0 Å². The van der Waals surface area contributed by atoms with Gasteiger partial charge in [-0.15, -0.1) is 0 Å². The molecule has 0 radical (unpaired) electrons. The number of hydrogen-bond acceptors (Lipinski definition) is 2. The maximum absolute atomic E-state index is 6.33. The van der Waals surface area contributed by atoms with Crippen molar-refractivity contribution in [2.45, 2.75) is 58.5 Å². The van der Waals surface area contributed by atoms with Crippen LogP contribution in [0.5, 0.6) is 0 Å². The van der Waals surface area contributed by atoms with E-state index in [9.17, 15) is 0 Å². The van der Waals surface area contributed by atoms with Crippen molar-refractivity contribution >= 4 is 11.6 Å². The molecule has 1 aliphatic rings. The maximum Gasteiger partial charge on any atom is 0.131 e. The third-order valence-electron chi connectivity index (χ3n) is 4.13. The summed E-state index contributed by atoms with van der Waals surface area (Å²) in [5.74, 6) is 0. The van der Waals surface area contributed by atoms with Gasteiger partial charge in [-0.05, 0) is 26.3 Å². The quantitative estimate of drug-likeness (QED) is 0.834. The van der Waals surface area contributed by atoms with Crippen LogP contribution in [0.2, 0.25) is 5.15 Å². The van der Waals surface area contributed by atoms with E-state index in [2.05, 4.69) is 23.8 Å². The molecule has 0 spiro atoms. The molecule has 0 bridgehead atoms. The van der Waals surface area contributed by atoms with Crippen molar-refractivity contribution in [2.75, 3.05) is 6.54 Å². The maximum atomic E-state index is 6.33. The molecule has 1 heterocycles. The van der Waals surface area contributed by atoms with Crippen LogP contribution in [-0.2, 0) is 13.6 Å². The Hall–Kier alpha value is -0.540. The smallest absolute Gasteiger partial charge is 0.131 e. The average Bonchev–Trinajstić information content (AvgIpc) is 2.62. The Morgan fingerprint density at radius 1 is 1.33 bits per heavy atom. The van der Waals surface area contributed by atoms with Crippen molar-refractivity contribution in [3.8, 4) is 0 Å². The summed E-state index contributed by atoms with van der Waals surface area (Å²) >= 11 is 6.33. The summed E-state index contributed by atoms with van der Waals surface area (Å²) in [6, 6.07) is 0.736. The van der Waals surface area contributed by atoms with Crippen molar-refractivity contribution in [3.63, 3.8) is 0 Å². The second-order valence-corrected chi connectivity index (χ2v) is 5.69. The molecule has 1 aromatic rings. The van der Waals surface area contributed by atoms with Gasteiger partial charge in [-0.25, -0.2) is 0 Å². The van der Waals surface area contributed by atoms with Gasteiger partial charge >= 0.3 is 0 Å². The molecule has 0 atom stereocenters. The summed E-state index contributed by atoms with van der Waals surface area (Å²) in [5.41, 5.74) is 2.27. The standard InChI is InChI=1S/C14H24ClN3/c1-4-18(12-8-6-5-7-9-12)10-13-11(2)16-17(3)14(13)15/h12H,4-10H2,1-3H3. The number of hydrogen-bond donors (Lipinski definition) is 0. The number of aromatic nitrogens is 2. The first-order chi connectivity index (χ1) is 8.63. The minimum Gasteiger partial charge on any atom is -0.296 e. The molecule has 0 aromatic carbocycles. The van der Waals surface area contributed by atoms with Gasteiger partial charge in [0.15, 0.2) is 0 Å². The molecule has 1 fully saturated rings. The lowest BCUT2D eigenvalue weighted by atomic mass is 9.94. The van der Waals surface area contributed by atoms with Gasteiger partial charge in [0, 0.05) is 25.2 Å². The monoisotopic (exact) mass is 269 g/mol. The van der Waals surface area contributed by atoms with E-state index in [1.807, 2.05) is 7.05 Å². The molecule has 0 unspecified atom stereocenters. The summed E-state index contributed by atoms with van der Waals surface area (Å²) in [4.78, 5) is 2.56. The van der Waals surface area contributed by atoms with Gasteiger partial charge in [0.05, 0.1) is 5.69 Å². The first-order valence-electron chi connectivity index (χ1n) is 7.05. The summed E-state index contributed by atoms with van der Waals surface area (Å²) < 4.78 is 1.78. The fourth-order valence-electron chi connectivity index (χ4n) is 3.00. The minimum absolute atomic E-state index is 0.736. The van der Waals surface area contributed by atoms with E-state index in [1.165, 1.54) is 37.7 Å². The molecule has 1 saturated carbocycles. The Labute approximate surface area is 115 Å². The normalized spacial score (nSPS) is 17.6. The third kappa shape index (κ3) is 2.89. The molecule has 102 valence electrons. The average molecular weight is 270 g/mol. The zero-order valence-corrected chi connectivity index (χ0v) is 12.5. The second-order valence-electron chi connectivity index (χ2n) is 5.33. The summed E-state index contributed by atoms with van der Waals surface area (Å²) in [6.45, 7) is 6.33. The lowest BCUT2D eigenvalue weighted by Crippen LogP contribution is -2.36. The summed E-state index contributed by atoms with van der Waals surface area (Å²) in [5, 5.41) is 5.19. The Kier molecular flexibility index (Phi) is 4.68. The predicted molar refractivity (Wildman–Crippen MR) is 75.9 cm³/mol. The van der Waals surface area contributed by atoms with Crippen LogP contribution in [0.1, 0.15) is 50.3 Å². The van der Waals surface area contributed by atoms with Gasteiger partial charge in [0.1, 0.15) is 5.15 Å². The van der Waals surface area contributed by atoms with Gasteiger partial charge in [-0.2, -0.15) is 5.10 Å². The van der Waals surface area contributed by atoms with Crippen molar-refractivity contribution in [2.24, 2.45) is 7.05 Å². The molecule has 2 rings (SSSR count). The Morgan fingerprint density at radius 2 is 2.00 bits per heavy atom. The fraction of sp³-hybridized carbons (Fsp3) is 0.786. The van der Waals surface area contributed by atoms with Crippen LogP contribution in [0.4, 0.5) is 0 Å². The number of nitrogens with zero attached hydrogens (tertiary/aromatic N) is 3. The Morgan fingerprint density at radius 3 is 2.50 bits per heavy atom. The summed E-state index contributed by atoms with van der Waals surface area (Å²) in [6.07, 6.45) is 6.83. The van der Waals surface area contributed by atoms with Crippen LogP contribution in [0.25, 0.3) is 0 Å². The fourth-order valence-corrected chi connectivity index (χ4v) is 3.24. The van der Waals surface area contributed by atoms with Crippen molar-refractivity contribution in [1.82, 2.24) is 14.7 Å². The van der Waals surface area contributed by atoms with Crippen molar-refractivity contribution < 1.29 is 0 Å². The predicted octanol–water partition coefficient (Wildman–Crippen LogP) is 3.54. The highest BCUT2D eigenvalue weighted by Crippen LogP contribution is 2.26. The van der Waals surface area contributed by atoms with Gasteiger partial charge in [0.2, 0.25) is 0 Å². The van der Waals surface area contributed by atoms with E-state index in [-0.39, 0.29) is 0 Å². The zero-order chi connectivity index (χ0) is 13.1. The molecule has 0 aliphatic heterocycles. The molecular formula is C14H24ClN3. The zero-order valence-electron chi connectivity index (χ0n) is 11.7. The van der Waals surface area contributed by atoms with Crippen LogP contribution in [0, 0.1) is 6.92 Å². The Balaban J connectivity index is 2.09. The van der Waals surface area contributed by atoms with E-state index < -0.39 is 0 Å². The number of rotatable bonds is 4. The minimum atomic E-state index is 0.736.